The smallest absolute Gasteiger partial charge is 0.142 e. The standard InChI is InChI=1S/C19H20Cl2N4O/c20-14-10-16-17(11-15(14)21)24-19(6-8-26-9-7-19)18(23-16)25-22-12-13-4-2-1-3-5-13/h1-5,10-11,22,24H,6-9,12H2,(H,23,25). The molecule has 0 radical (unpaired) electrons. The van der Waals surface area contributed by atoms with Crippen LogP contribution in [0.15, 0.2) is 47.5 Å². The monoisotopic (exact) mass is 390 g/mol. The van der Waals surface area contributed by atoms with Gasteiger partial charge in [-0.3, -0.25) is 0 Å². The van der Waals surface area contributed by atoms with Gasteiger partial charge in [-0.2, -0.15) is 0 Å². The first-order valence-electron chi connectivity index (χ1n) is 8.63. The van der Waals surface area contributed by atoms with Crippen LogP contribution in [-0.2, 0) is 11.3 Å². The van der Waals surface area contributed by atoms with Crippen LogP contribution in [0.25, 0.3) is 0 Å². The molecule has 0 aliphatic carbocycles. The number of nitrogens with zero attached hydrogens (tertiary/aromatic N) is 1. The highest BCUT2D eigenvalue weighted by Crippen LogP contribution is 2.41. The molecule has 4 rings (SSSR count). The Bertz CT molecular complexity index is 820. The summed E-state index contributed by atoms with van der Waals surface area (Å²) in [6, 6.07) is 13.9. The molecular formula is C19H20Cl2N4O. The van der Waals surface area contributed by atoms with E-state index in [2.05, 4.69) is 28.3 Å². The van der Waals surface area contributed by atoms with E-state index >= 15 is 0 Å². The van der Waals surface area contributed by atoms with Crippen molar-refractivity contribution >= 4 is 40.4 Å². The van der Waals surface area contributed by atoms with Gasteiger partial charge in [0.1, 0.15) is 11.4 Å². The van der Waals surface area contributed by atoms with Gasteiger partial charge in [-0.1, -0.05) is 53.5 Å². The summed E-state index contributed by atoms with van der Waals surface area (Å²) in [5.41, 5.74) is 9.16. The number of ether oxygens (including phenoxy) is 1. The molecule has 1 fully saturated rings. The predicted octanol–water partition coefficient (Wildman–Crippen LogP) is 4.29. The molecule has 136 valence electrons. The molecule has 0 aromatic heterocycles. The molecule has 0 unspecified atom stereocenters. The summed E-state index contributed by atoms with van der Waals surface area (Å²) in [5, 5.41) is 4.64. The fourth-order valence-corrected chi connectivity index (χ4v) is 3.65. The van der Waals surface area contributed by atoms with Crippen LogP contribution in [0.1, 0.15) is 18.4 Å². The number of rotatable bonds is 3. The van der Waals surface area contributed by atoms with Gasteiger partial charge in [0.15, 0.2) is 0 Å². The molecule has 7 heteroatoms. The van der Waals surface area contributed by atoms with E-state index < -0.39 is 0 Å². The molecule has 5 nitrogen and oxygen atoms in total. The maximum atomic E-state index is 6.19. The summed E-state index contributed by atoms with van der Waals surface area (Å²) in [6.45, 7) is 2.06. The molecule has 0 amide bonds. The highest BCUT2D eigenvalue weighted by atomic mass is 35.5. The van der Waals surface area contributed by atoms with Crippen LogP contribution in [0, 0.1) is 0 Å². The summed E-state index contributed by atoms with van der Waals surface area (Å²) in [7, 11) is 0. The van der Waals surface area contributed by atoms with Crippen molar-refractivity contribution in [2.24, 2.45) is 4.99 Å². The lowest BCUT2D eigenvalue weighted by molar-refractivity contribution is 0.0768. The van der Waals surface area contributed by atoms with Crippen molar-refractivity contribution in [3.8, 4) is 0 Å². The van der Waals surface area contributed by atoms with Crippen LogP contribution in [0.2, 0.25) is 10.0 Å². The average Bonchev–Trinajstić information content (AvgIpc) is 2.66. The number of benzene rings is 2. The van der Waals surface area contributed by atoms with Crippen molar-refractivity contribution in [3.63, 3.8) is 0 Å². The number of anilines is 1. The average molecular weight is 391 g/mol. The van der Waals surface area contributed by atoms with E-state index in [1.807, 2.05) is 24.3 Å². The molecule has 2 aromatic carbocycles. The van der Waals surface area contributed by atoms with E-state index in [4.69, 9.17) is 32.9 Å². The number of halogens is 2. The zero-order valence-corrected chi connectivity index (χ0v) is 15.7. The van der Waals surface area contributed by atoms with Gasteiger partial charge in [0.25, 0.3) is 0 Å². The van der Waals surface area contributed by atoms with Gasteiger partial charge < -0.3 is 15.5 Å². The molecule has 2 aromatic rings. The Kier molecular flexibility index (Phi) is 5.05. The van der Waals surface area contributed by atoms with Crippen LogP contribution < -0.4 is 16.2 Å². The molecule has 2 aliphatic rings. The van der Waals surface area contributed by atoms with E-state index in [-0.39, 0.29) is 5.54 Å². The predicted molar refractivity (Wildman–Crippen MR) is 106 cm³/mol. The van der Waals surface area contributed by atoms with Gasteiger partial charge in [0.05, 0.1) is 21.4 Å². The van der Waals surface area contributed by atoms with E-state index in [9.17, 15) is 0 Å². The van der Waals surface area contributed by atoms with E-state index in [1.54, 1.807) is 6.07 Å². The van der Waals surface area contributed by atoms with Crippen LogP contribution in [-0.4, -0.2) is 24.6 Å². The van der Waals surface area contributed by atoms with Crippen molar-refractivity contribution in [1.82, 2.24) is 10.9 Å². The summed E-state index contributed by atoms with van der Waals surface area (Å²) in [4.78, 5) is 4.84. The first-order valence-corrected chi connectivity index (χ1v) is 9.39. The second-order valence-corrected chi connectivity index (χ2v) is 7.34. The number of hydrazine groups is 1. The highest BCUT2D eigenvalue weighted by molar-refractivity contribution is 6.42. The summed E-state index contributed by atoms with van der Waals surface area (Å²) >= 11 is 12.4. The van der Waals surface area contributed by atoms with Gasteiger partial charge in [-0.25, -0.2) is 10.4 Å². The Hall–Kier alpha value is -1.79. The van der Waals surface area contributed by atoms with Crippen molar-refractivity contribution in [2.75, 3.05) is 18.5 Å². The third kappa shape index (κ3) is 3.53. The minimum atomic E-state index is -0.300. The molecule has 26 heavy (non-hydrogen) atoms. The zero-order valence-electron chi connectivity index (χ0n) is 14.2. The summed E-state index contributed by atoms with van der Waals surface area (Å²) in [5.74, 6) is 0.850. The molecule has 2 heterocycles. The Morgan fingerprint density at radius 2 is 1.81 bits per heavy atom. The quantitative estimate of drug-likeness (QED) is 0.684. The van der Waals surface area contributed by atoms with Gasteiger partial charge in [-0.05, 0) is 17.7 Å². The minimum absolute atomic E-state index is 0.300. The van der Waals surface area contributed by atoms with Gasteiger partial charge in [-0.15, -0.1) is 0 Å². The number of nitrogens with one attached hydrogen (secondary N) is 3. The molecule has 0 bridgehead atoms. The van der Waals surface area contributed by atoms with Crippen LogP contribution >= 0.6 is 23.2 Å². The van der Waals surface area contributed by atoms with Crippen molar-refractivity contribution in [3.05, 3.63) is 58.1 Å². The maximum absolute atomic E-state index is 6.19. The van der Waals surface area contributed by atoms with Crippen LogP contribution in [0.4, 0.5) is 11.4 Å². The Labute approximate surface area is 162 Å². The number of aliphatic imine (C=N–C) groups is 1. The van der Waals surface area contributed by atoms with E-state index in [0.717, 1.165) is 30.1 Å². The Morgan fingerprint density at radius 1 is 1.08 bits per heavy atom. The van der Waals surface area contributed by atoms with Crippen molar-refractivity contribution in [2.45, 2.75) is 24.9 Å². The fraction of sp³-hybridized carbons (Fsp3) is 0.316. The van der Waals surface area contributed by atoms with Gasteiger partial charge in [0.2, 0.25) is 0 Å². The largest absolute Gasteiger partial charge is 0.381 e. The first kappa shape index (κ1) is 17.6. The normalized spacial score (nSPS) is 18.0. The van der Waals surface area contributed by atoms with E-state index in [1.165, 1.54) is 5.56 Å². The second kappa shape index (κ2) is 7.45. The van der Waals surface area contributed by atoms with Crippen LogP contribution in [0.3, 0.4) is 0 Å². The lowest BCUT2D eigenvalue weighted by Crippen LogP contribution is -2.59. The highest BCUT2D eigenvalue weighted by Gasteiger charge is 2.41. The number of hydrogen-bond acceptors (Lipinski definition) is 5. The molecule has 1 saturated heterocycles. The molecule has 1 spiro atoms. The van der Waals surface area contributed by atoms with Crippen LogP contribution in [0.5, 0.6) is 0 Å². The Balaban J connectivity index is 1.59. The third-order valence-electron chi connectivity index (χ3n) is 4.79. The number of hydrogen-bond donors (Lipinski definition) is 3. The van der Waals surface area contributed by atoms with Gasteiger partial charge in [0, 0.05) is 32.6 Å². The van der Waals surface area contributed by atoms with E-state index in [0.29, 0.717) is 29.8 Å². The molecule has 0 saturated carbocycles. The fourth-order valence-electron chi connectivity index (χ4n) is 3.33. The van der Waals surface area contributed by atoms with Crippen molar-refractivity contribution < 1.29 is 4.74 Å². The SMILES string of the molecule is Clc1cc2c(cc1Cl)NC1(CCOCC1)C(NNCc1ccccc1)=N2. The third-order valence-corrected chi connectivity index (χ3v) is 5.51. The second-order valence-electron chi connectivity index (χ2n) is 6.53. The maximum Gasteiger partial charge on any atom is 0.142 e. The first-order chi connectivity index (χ1) is 12.7. The lowest BCUT2D eigenvalue weighted by Gasteiger charge is -2.42. The topological polar surface area (TPSA) is 57.7 Å². The summed E-state index contributed by atoms with van der Waals surface area (Å²) in [6.07, 6.45) is 1.65. The zero-order chi connectivity index (χ0) is 18.0. The number of fused-ring (bicyclic) bond motifs is 1. The number of amidine groups is 1. The minimum Gasteiger partial charge on any atom is -0.381 e. The summed E-state index contributed by atoms with van der Waals surface area (Å²) < 4.78 is 5.56. The molecule has 0 atom stereocenters. The molecule has 3 N–H and O–H groups in total. The van der Waals surface area contributed by atoms with Gasteiger partial charge >= 0.3 is 0 Å². The molecular weight excluding hydrogens is 371 g/mol. The van der Waals surface area contributed by atoms with Crippen molar-refractivity contribution in [1.29, 1.82) is 0 Å². The molecule has 2 aliphatic heterocycles. The Morgan fingerprint density at radius 3 is 2.58 bits per heavy atom. The lowest BCUT2D eigenvalue weighted by atomic mass is 9.86.